The van der Waals surface area contributed by atoms with Crippen molar-refractivity contribution in [1.29, 1.82) is 0 Å². The number of H-pyrrole nitrogens is 1. The maximum atomic E-state index is 4.45. The van der Waals surface area contributed by atoms with Crippen molar-refractivity contribution in [2.45, 2.75) is 18.8 Å². The van der Waals surface area contributed by atoms with E-state index in [-0.39, 0.29) is 0 Å². The molecule has 2 heterocycles. The lowest BCUT2D eigenvalue weighted by atomic mass is 10.2. The van der Waals surface area contributed by atoms with E-state index < -0.39 is 0 Å². The van der Waals surface area contributed by atoms with Gasteiger partial charge >= 0.3 is 0 Å². The predicted molar refractivity (Wildman–Crippen MR) is 100 cm³/mol. The molecule has 1 aromatic carbocycles. The van der Waals surface area contributed by atoms with Crippen molar-refractivity contribution < 1.29 is 0 Å². The number of aromatic amines is 1. The molecule has 1 fully saturated rings. The van der Waals surface area contributed by atoms with Crippen LogP contribution in [0, 0.1) is 0 Å². The number of rotatable bonds is 7. The fraction of sp³-hybridized carbons (Fsp3) is 0.529. The first kappa shape index (κ1) is 17.3. The Morgan fingerprint density at radius 1 is 1.12 bits per heavy atom. The highest BCUT2D eigenvalue weighted by Gasteiger charge is 2.13. The summed E-state index contributed by atoms with van der Waals surface area (Å²) in [7, 11) is 2.18. The minimum atomic E-state index is 0.686. The Kier molecular flexibility index (Phi) is 6.12. The first-order valence-electron chi connectivity index (χ1n) is 8.37. The molecule has 0 amide bonds. The van der Waals surface area contributed by atoms with Crippen LogP contribution in [0.25, 0.3) is 0 Å². The molecule has 0 spiro atoms. The lowest BCUT2D eigenvalue weighted by Gasteiger charge is -2.34. The molecule has 24 heavy (non-hydrogen) atoms. The molecule has 0 atom stereocenters. The van der Waals surface area contributed by atoms with Crippen molar-refractivity contribution >= 4 is 17.4 Å². The quantitative estimate of drug-likeness (QED) is 0.796. The van der Waals surface area contributed by atoms with Crippen LogP contribution in [0.4, 0.5) is 5.69 Å². The van der Waals surface area contributed by atoms with Crippen molar-refractivity contribution in [3.8, 4) is 0 Å². The predicted octanol–water partition coefficient (Wildman–Crippen LogP) is 1.71. The van der Waals surface area contributed by atoms with Crippen molar-refractivity contribution in [3.63, 3.8) is 0 Å². The summed E-state index contributed by atoms with van der Waals surface area (Å²) in [6.45, 7) is 6.01. The van der Waals surface area contributed by atoms with Crippen LogP contribution in [0.15, 0.2) is 24.3 Å². The lowest BCUT2D eigenvalue weighted by Crippen LogP contribution is -2.44. The standard InChI is InChI=1S/C17H26N6S/c1-22-7-9-23(10-8-22)15-5-3-14(4-6-15)11-18-12-16-19-17(13-24-2)21-20-16/h3-6,18H,7-13H2,1-2H3,(H,19,20,21). The maximum absolute atomic E-state index is 4.45. The molecule has 7 heteroatoms. The normalized spacial score (nSPS) is 15.8. The van der Waals surface area contributed by atoms with Crippen LogP contribution in [0.1, 0.15) is 17.2 Å². The third kappa shape index (κ3) is 4.72. The minimum absolute atomic E-state index is 0.686. The zero-order valence-electron chi connectivity index (χ0n) is 14.5. The van der Waals surface area contributed by atoms with E-state index in [1.165, 1.54) is 11.3 Å². The van der Waals surface area contributed by atoms with E-state index in [4.69, 9.17) is 0 Å². The van der Waals surface area contributed by atoms with E-state index in [2.05, 4.69) is 67.9 Å². The van der Waals surface area contributed by atoms with E-state index in [1.807, 2.05) is 0 Å². The van der Waals surface area contributed by atoms with Gasteiger partial charge in [-0.1, -0.05) is 12.1 Å². The third-order valence-electron chi connectivity index (χ3n) is 4.28. The summed E-state index contributed by atoms with van der Waals surface area (Å²) in [4.78, 5) is 9.29. The lowest BCUT2D eigenvalue weighted by molar-refractivity contribution is 0.313. The van der Waals surface area contributed by atoms with E-state index in [9.17, 15) is 0 Å². The molecule has 3 rings (SSSR count). The van der Waals surface area contributed by atoms with Gasteiger partial charge < -0.3 is 15.1 Å². The Morgan fingerprint density at radius 3 is 2.58 bits per heavy atom. The molecule has 1 saturated heterocycles. The van der Waals surface area contributed by atoms with Gasteiger partial charge in [-0.3, -0.25) is 5.10 Å². The molecule has 0 aliphatic carbocycles. The highest BCUT2D eigenvalue weighted by Crippen LogP contribution is 2.17. The molecular weight excluding hydrogens is 320 g/mol. The average molecular weight is 347 g/mol. The third-order valence-corrected chi connectivity index (χ3v) is 4.84. The van der Waals surface area contributed by atoms with Gasteiger partial charge in [-0.25, -0.2) is 4.98 Å². The molecule has 2 aromatic rings. The fourth-order valence-electron chi connectivity index (χ4n) is 2.82. The molecular formula is C17H26N6S. The summed E-state index contributed by atoms with van der Waals surface area (Å²) in [5.41, 5.74) is 2.61. The Morgan fingerprint density at radius 2 is 1.88 bits per heavy atom. The molecule has 1 aliphatic heterocycles. The van der Waals surface area contributed by atoms with Crippen LogP contribution in [-0.4, -0.2) is 59.6 Å². The van der Waals surface area contributed by atoms with Gasteiger partial charge in [0.2, 0.25) is 0 Å². The second-order valence-electron chi connectivity index (χ2n) is 6.19. The van der Waals surface area contributed by atoms with Crippen LogP contribution < -0.4 is 10.2 Å². The van der Waals surface area contributed by atoms with Crippen LogP contribution in [0.3, 0.4) is 0 Å². The number of aromatic nitrogens is 3. The summed E-state index contributed by atoms with van der Waals surface area (Å²) >= 11 is 1.74. The topological polar surface area (TPSA) is 60.1 Å². The summed E-state index contributed by atoms with van der Waals surface area (Å²) in [6, 6.07) is 8.87. The molecule has 0 unspecified atom stereocenters. The van der Waals surface area contributed by atoms with Crippen LogP contribution in [0.5, 0.6) is 0 Å². The monoisotopic (exact) mass is 346 g/mol. The number of anilines is 1. The largest absolute Gasteiger partial charge is 0.369 e. The zero-order valence-corrected chi connectivity index (χ0v) is 15.3. The van der Waals surface area contributed by atoms with E-state index in [0.29, 0.717) is 6.54 Å². The number of thioether (sulfide) groups is 1. The van der Waals surface area contributed by atoms with Crippen LogP contribution in [0.2, 0.25) is 0 Å². The second-order valence-corrected chi connectivity index (χ2v) is 7.06. The minimum Gasteiger partial charge on any atom is -0.369 e. The number of benzene rings is 1. The molecule has 130 valence electrons. The summed E-state index contributed by atoms with van der Waals surface area (Å²) in [5, 5.41) is 10.6. The molecule has 0 bridgehead atoms. The number of nitrogens with zero attached hydrogens (tertiary/aromatic N) is 4. The number of hydrogen-bond acceptors (Lipinski definition) is 6. The fourth-order valence-corrected chi connectivity index (χ4v) is 3.23. The molecule has 0 saturated carbocycles. The van der Waals surface area contributed by atoms with Gasteiger partial charge in [0.05, 0.1) is 12.3 Å². The van der Waals surface area contributed by atoms with Gasteiger partial charge in [0.25, 0.3) is 0 Å². The van der Waals surface area contributed by atoms with E-state index in [1.54, 1.807) is 11.8 Å². The molecule has 1 aromatic heterocycles. The molecule has 0 radical (unpaired) electrons. The first-order chi connectivity index (χ1) is 11.7. The Labute approximate surface area is 148 Å². The molecule has 2 N–H and O–H groups in total. The van der Waals surface area contributed by atoms with Crippen molar-refractivity contribution in [1.82, 2.24) is 25.4 Å². The number of likely N-dealkylation sites (N-methyl/N-ethyl adjacent to an activating group) is 1. The average Bonchev–Trinajstić information content (AvgIpc) is 3.04. The number of hydrogen-bond donors (Lipinski definition) is 2. The van der Waals surface area contributed by atoms with Gasteiger partial charge in [-0.05, 0) is 31.0 Å². The van der Waals surface area contributed by atoms with Gasteiger partial charge in [0.1, 0.15) is 5.82 Å². The highest BCUT2D eigenvalue weighted by atomic mass is 32.2. The summed E-state index contributed by atoms with van der Waals surface area (Å²) in [5.74, 6) is 2.64. The summed E-state index contributed by atoms with van der Waals surface area (Å²) < 4.78 is 0. The van der Waals surface area contributed by atoms with Gasteiger partial charge in [-0.2, -0.15) is 16.9 Å². The summed E-state index contributed by atoms with van der Waals surface area (Å²) in [6.07, 6.45) is 2.06. The Balaban J connectivity index is 1.45. The Hall–Kier alpha value is -1.57. The molecule has 1 aliphatic rings. The van der Waals surface area contributed by atoms with Gasteiger partial charge in [0, 0.05) is 38.4 Å². The smallest absolute Gasteiger partial charge is 0.164 e. The SMILES string of the molecule is CSCc1nc(CNCc2ccc(N3CCN(C)CC3)cc2)n[nH]1. The maximum Gasteiger partial charge on any atom is 0.164 e. The van der Waals surface area contributed by atoms with E-state index in [0.717, 1.165) is 50.1 Å². The van der Waals surface area contributed by atoms with Gasteiger partial charge in [0.15, 0.2) is 5.82 Å². The van der Waals surface area contributed by atoms with Crippen molar-refractivity contribution in [3.05, 3.63) is 41.5 Å². The molecule has 6 nitrogen and oxygen atoms in total. The zero-order chi connectivity index (χ0) is 16.8. The highest BCUT2D eigenvalue weighted by molar-refractivity contribution is 7.97. The van der Waals surface area contributed by atoms with Gasteiger partial charge in [-0.15, -0.1) is 0 Å². The number of piperazine rings is 1. The van der Waals surface area contributed by atoms with E-state index >= 15 is 0 Å². The van der Waals surface area contributed by atoms with Crippen molar-refractivity contribution in [2.75, 3.05) is 44.4 Å². The van der Waals surface area contributed by atoms with Crippen LogP contribution >= 0.6 is 11.8 Å². The Bertz CT molecular complexity index is 618. The van der Waals surface area contributed by atoms with Crippen molar-refractivity contribution in [2.24, 2.45) is 0 Å². The second kappa shape index (κ2) is 8.50. The first-order valence-corrected chi connectivity index (χ1v) is 9.76. The number of nitrogens with one attached hydrogen (secondary N) is 2. The van der Waals surface area contributed by atoms with Crippen LogP contribution in [-0.2, 0) is 18.8 Å².